The van der Waals surface area contributed by atoms with Crippen molar-refractivity contribution in [3.05, 3.63) is 23.3 Å². The van der Waals surface area contributed by atoms with Crippen LogP contribution in [0, 0.1) is 11.8 Å². The maximum atomic E-state index is 2.38. The van der Waals surface area contributed by atoms with Crippen LogP contribution in [0.3, 0.4) is 0 Å². The maximum absolute atomic E-state index is 2.38. The summed E-state index contributed by atoms with van der Waals surface area (Å²) in [6.07, 6.45) is 7.26. The van der Waals surface area contributed by atoms with E-state index in [2.05, 4.69) is 39.8 Å². The molecule has 0 nitrogen and oxygen atoms in total. The molecule has 1 aliphatic rings. The fourth-order valence-corrected chi connectivity index (χ4v) is 1.51. The van der Waals surface area contributed by atoms with Gasteiger partial charge in [-0.15, -0.1) is 0 Å². The van der Waals surface area contributed by atoms with E-state index in [0.717, 1.165) is 11.8 Å². The van der Waals surface area contributed by atoms with Crippen LogP contribution in [0.4, 0.5) is 0 Å². The Morgan fingerprint density at radius 3 is 1.58 bits per heavy atom. The number of hydrogen-bond donors (Lipinski definition) is 0. The van der Waals surface area contributed by atoms with Gasteiger partial charge in [-0.2, -0.15) is 0 Å². The number of allylic oxidation sites excluding steroid dienone is 4. The van der Waals surface area contributed by atoms with Crippen molar-refractivity contribution in [1.29, 1.82) is 0 Å². The van der Waals surface area contributed by atoms with Crippen LogP contribution < -0.4 is 0 Å². The molecule has 0 aromatic rings. The minimum atomic E-state index is 0.837. The SMILES string of the molecule is CC1=CCC(C)C(C)CC=C1C. The predicted octanol–water partition coefficient (Wildman–Crippen LogP) is 3.95. The van der Waals surface area contributed by atoms with Crippen LogP contribution in [0.1, 0.15) is 40.5 Å². The zero-order valence-electron chi connectivity index (χ0n) is 8.72. The summed E-state index contributed by atoms with van der Waals surface area (Å²) < 4.78 is 0. The molecule has 0 aliphatic heterocycles. The molecule has 0 amide bonds. The highest BCUT2D eigenvalue weighted by molar-refractivity contribution is 5.27. The van der Waals surface area contributed by atoms with Gasteiger partial charge in [0.25, 0.3) is 0 Å². The minimum absolute atomic E-state index is 0.837. The highest BCUT2D eigenvalue weighted by atomic mass is 14.2. The van der Waals surface area contributed by atoms with Crippen LogP contribution >= 0.6 is 0 Å². The second-order valence-corrected chi connectivity index (χ2v) is 4.20. The summed E-state index contributed by atoms with van der Waals surface area (Å²) in [7, 11) is 0. The molecule has 68 valence electrons. The molecule has 0 radical (unpaired) electrons. The van der Waals surface area contributed by atoms with Crippen molar-refractivity contribution in [2.45, 2.75) is 40.5 Å². The van der Waals surface area contributed by atoms with Gasteiger partial charge in [-0.3, -0.25) is 0 Å². The molecule has 0 fully saturated rings. The first-order valence-electron chi connectivity index (χ1n) is 4.95. The molecule has 0 heterocycles. The second-order valence-electron chi connectivity index (χ2n) is 4.20. The van der Waals surface area contributed by atoms with E-state index in [1.54, 1.807) is 0 Å². The van der Waals surface area contributed by atoms with Gasteiger partial charge in [0.2, 0.25) is 0 Å². The molecule has 0 spiro atoms. The molecule has 0 saturated heterocycles. The Hall–Kier alpha value is -0.520. The lowest BCUT2D eigenvalue weighted by Gasteiger charge is -2.20. The summed E-state index contributed by atoms with van der Waals surface area (Å²) in [6, 6.07) is 0. The van der Waals surface area contributed by atoms with Gasteiger partial charge in [-0.25, -0.2) is 0 Å². The number of rotatable bonds is 0. The lowest BCUT2D eigenvalue weighted by Crippen LogP contribution is -2.08. The summed E-state index contributed by atoms with van der Waals surface area (Å²) in [5.74, 6) is 1.67. The third kappa shape index (κ3) is 2.23. The van der Waals surface area contributed by atoms with Gasteiger partial charge in [0.1, 0.15) is 0 Å². The molecule has 0 saturated carbocycles. The Labute approximate surface area is 76.4 Å². The molecule has 1 rings (SSSR count). The van der Waals surface area contributed by atoms with E-state index in [-0.39, 0.29) is 0 Å². The first-order chi connectivity index (χ1) is 5.61. The van der Waals surface area contributed by atoms with Crippen molar-refractivity contribution < 1.29 is 0 Å². The van der Waals surface area contributed by atoms with Crippen LogP contribution in [0.25, 0.3) is 0 Å². The summed E-state index contributed by atoms with van der Waals surface area (Å²) >= 11 is 0. The third-order valence-corrected chi connectivity index (χ3v) is 3.19. The summed E-state index contributed by atoms with van der Waals surface area (Å²) in [5.41, 5.74) is 2.93. The molecule has 1 aliphatic carbocycles. The van der Waals surface area contributed by atoms with Crippen LogP contribution in [0.15, 0.2) is 23.3 Å². The van der Waals surface area contributed by atoms with Crippen molar-refractivity contribution in [1.82, 2.24) is 0 Å². The topological polar surface area (TPSA) is 0 Å². The Kier molecular flexibility index (Phi) is 3.13. The van der Waals surface area contributed by atoms with Crippen LogP contribution in [0.2, 0.25) is 0 Å². The van der Waals surface area contributed by atoms with Crippen LogP contribution in [-0.4, -0.2) is 0 Å². The van der Waals surface area contributed by atoms with E-state index >= 15 is 0 Å². The molecule has 12 heavy (non-hydrogen) atoms. The maximum Gasteiger partial charge on any atom is -0.0316 e. The van der Waals surface area contributed by atoms with Gasteiger partial charge in [-0.1, -0.05) is 37.1 Å². The van der Waals surface area contributed by atoms with Crippen LogP contribution in [0.5, 0.6) is 0 Å². The molecular weight excluding hydrogens is 144 g/mol. The fraction of sp³-hybridized carbons (Fsp3) is 0.667. The van der Waals surface area contributed by atoms with Crippen LogP contribution in [-0.2, 0) is 0 Å². The van der Waals surface area contributed by atoms with Crippen molar-refractivity contribution in [3.63, 3.8) is 0 Å². The molecule has 2 unspecified atom stereocenters. The molecule has 0 N–H and O–H groups in total. The normalized spacial score (nSPS) is 31.7. The first-order valence-corrected chi connectivity index (χ1v) is 4.95. The highest BCUT2D eigenvalue weighted by Crippen LogP contribution is 2.25. The Bertz CT molecular complexity index is 184. The quantitative estimate of drug-likeness (QED) is 0.508. The lowest BCUT2D eigenvalue weighted by molar-refractivity contribution is 0.392. The van der Waals surface area contributed by atoms with Gasteiger partial charge < -0.3 is 0 Å². The van der Waals surface area contributed by atoms with Gasteiger partial charge >= 0.3 is 0 Å². The Balaban J connectivity index is 2.75. The highest BCUT2D eigenvalue weighted by Gasteiger charge is 2.11. The fourth-order valence-electron chi connectivity index (χ4n) is 1.51. The standard InChI is InChI=1S/C12H20/c1-9-5-6-11(3)12(4)8-7-10(9)2/h5,7,11-12H,6,8H2,1-4H3. The monoisotopic (exact) mass is 164 g/mol. The van der Waals surface area contributed by atoms with Gasteiger partial charge in [0, 0.05) is 0 Å². The van der Waals surface area contributed by atoms with E-state index in [9.17, 15) is 0 Å². The molecule has 0 aromatic carbocycles. The van der Waals surface area contributed by atoms with E-state index in [4.69, 9.17) is 0 Å². The Morgan fingerprint density at radius 1 is 0.917 bits per heavy atom. The average Bonchev–Trinajstić information content (AvgIpc) is 2.07. The minimum Gasteiger partial charge on any atom is -0.0811 e. The summed E-state index contributed by atoms with van der Waals surface area (Å²) in [4.78, 5) is 0. The van der Waals surface area contributed by atoms with Crippen molar-refractivity contribution in [3.8, 4) is 0 Å². The van der Waals surface area contributed by atoms with E-state index in [1.165, 1.54) is 24.0 Å². The smallest absolute Gasteiger partial charge is 0.0316 e. The zero-order chi connectivity index (χ0) is 9.14. The van der Waals surface area contributed by atoms with Crippen molar-refractivity contribution in [2.24, 2.45) is 11.8 Å². The number of hydrogen-bond acceptors (Lipinski definition) is 0. The largest absolute Gasteiger partial charge is 0.0811 e. The van der Waals surface area contributed by atoms with E-state index < -0.39 is 0 Å². The summed E-state index contributed by atoms with van der Waals surface area (Å²) in [5, 5.41) is 0. The first kappa shape index (κ1) is 9.57. The zero-order valence-corrected chi connectivity index (χ0v) is 8.72. The second kappa shape index (κ2) is 3.93. The lowest BCUT2D eigenvalue weighted by atomic mass is 9.86. The molecule has 0 bridgehead atoms. The molecule has 2 atom stereocenters. The predicted molar refractivity (Wildman–Crippen MR) is 55.1 cm³/mol. The molecule has 0 heteroatoms. The molecular formula is C12H20. The van der Waals surface area contributed by atoms with Gasteiger partial charge in [-0.05, 0) is 38.5 Å². The van der Waals surface area contributed by atoms with E-state index in [0.29, 0.717) is 0 Å². The van der Waals surface area contributed by atoms with Crippen molar-refractivity contribution in [2.75, 3.05) is 0 Å². The van der Waals surface area contributed by atoms with E-state index in [1.807, 2.05) is 0 Å². The van der Waals surface area contributed by atoms with Crippen molar-refractivity contribution >= 4 is 0 Å². The van der Waals surface area contributed by atoms with Gasteiger partial charge in [0.05, 0.1) is 0 Å². The molecule has 0 aromatic heterocycles. The Morgan fingerprint density at radius 2 is 1.25 bits per heavy atom. The average molecular weight is 164 g/mol. The third-order valence-electron chi connectivity index (χ3n) is 3.19. The van der Waals surface area contributed by atoms with Gasteiger partial charge in [0.15, 0.2) is 0 Å². The summed E-state index contributed by atoms with van der Waals surface area (Å²) in [6.45, 7) is 9.13.